The molecule has 0 saturated heterocycles. The van der Waals surface area contributed by atoms with E-state index in [1.807, 2.05) is 24.3 Å². The first-order chi connectivity index (χ1) is 13.2. The molecule has 0 N–H and O–H groups in total. The third-order valence-electron chi connectivity index (χ3n) is 4.55. The van der Waals surface area contributed by atoms with Crippen LogP contribution in [0.25, 0.3) is 17.1 Å². The number of nitrogens with zero attached hydrogens (tertiary/aromatic N) is 3. The Morgan fingerprint density at radius 1 is 1.15 bits per heavy atom. The molecule has 7 heteroatoms. The van der Waals surface area contributed by atoms with Gasteiger partial charge in [-0.1, -0.05) is 23.9 Å². The molecule has 1 aliphatic carbocycles. The number of Topliss-reactive ketones (excluding diaryl/α,β-unsaturated/α-hetero) is 1. The van der Waals surface area contributed by atoms with Crippen LogP contribution in [0.3, 0.4) is 0 Å². The molecule has 0 radical (unpaired) electrons. The van der Waals surface area contributed by atoms with Crippen LogP contribution in [-0.2, 0) is 4.79 Å². The Bertz CT molecular complexity index is 972. The molecule has 1 fully saturated rings. The van der Waals surface area contributed by atoms with E-state index in [1.165, 1.54) is 17.8 Å². The fraction of sp³-hybridized carbons (Fsp3) is 0.250. The van der Waals surface area contributed by atoms with Gasteiger partial charge in [-0.15, -0.1) is 10.2 Å². The quantitative estimate of drug-likeness (QED) is 0.658. The van der Waals surface area contributed by atoms with Gasteiger partial charge in [0.15, 0.2) is 11.0 Å². The lowest BCUT2D eigenvalue weighted by Gasteiger charge is -2.13. The van der Waals surface area contributed by atoms with Gasteiger partial charge in [0.25, 0.3) is 0 Å². The Morgan fingerprint density at radius 2 is 1.93 bits per heavy atom. The van der Waals surface area contributed by atoms with Gasteiger partial charge in [-0.25, -0.2) is 4.39 Å². The van der Waals surface area contributed by atoms with Crippen LogP contribution in [0.2, 0.25) is 0 Å². The van der Waals surface area contributed by atoms with E-state index in [9.17, 15) is 9.18 Å². The summed E-state index contributed by atoms with van der Waals surface area (Å²) in [6.45, 7) is 0. The number of carbonyl (C=O) groups is 1. The summed E-state index contributed by atoms with van der Waals surface area (Å²) in [5, 5.41) is 9.37. The maximum absolute atomic E-state index is 14.6. The zero-order valence-electron chi connectivity index (χ0n) is 14.8. The largest absolute Gasteiger partial charge is 0.497 e. The number of ketones is 1. The number of thioether (sulfide) groups is 1. The molecule has 138 valence electrons. The van der Waals surface area contributed by atoms with Gasteiger partial charge < -0.3 is 4.74 Å². The van der Waals surface area contributed by atoms with Crippen LogP contribution in [-0.4, -0.2) is 32.9 Å². The molecule has 1 unspecified atom stereocenters. The zero-order chi connectivity index (χ0) is 18.8. The summed E-state index contributed by atoms with van der Waals surface area (Å²) in [5.41, 5.74) is 1.20. The fourth-order valence-electron chi connectivity index (χ4n) is 3.15. The fourth-order valence-corrected chi connectivity index (χ4v) is 4.33. The molecule has 0 spiro atoms. The van der Waals surface area contributed by atoms with Crippen molar-refractivity contribution in [2.45, 2.75) is 29.7 Å². The van der Waals surface area contributed by atoms with E-state index < -0.39 is 0 Å². The van der Waals surface area contributed by atoms with Gasteiger partial charge in [0, 0.05) is 23.7 Å². The first-order valence-electron chi connectivity index (χ1n) is 8.69. The second-order valence-corrected chi connectivity index (χ2v) is 7.61. The van der Waals surface area contributed by atoms with Crippen molar-refractivity contribution in [1.82, 2.24) is 14.8 Å². The summed E-state index contributed by atoms with van der Waals surface area (Å²) in [4.78, 5) is 11.6. The average molecular weight is 383 g/mol. The average Bonchev–Trinajstić information content (AvgIpc) is 3.29. The molecule has 0 amide bonds. The molecular formula is C20H18FN3O2S. The highest BCUT2D eigenvalue weighted by Crippen LogP contribution is 2.36. The molecule has 1 atom stereocenters. The van der Waals surface area contributed by atoms with Crippen molar-refractivity contribution in [1.29, 1.82) is 0 Å². The van der Waals surface area contributed by atoms with E-state index in [4.69, 9.17) is 4.74 Å². The normalized spacial score (nSPS) is 16.7. The van der Waals surface area contributed by atoms with Crippen LogP contribution in [0.1, 0.15) is 19.3 Å². The number of halogens is 1. The van der Waals surface area contributed by atoms with Crippen molar-refractivity contribution in [3.63, 3.8) is 0 Å². The molecule has 27 heavy (non-hydrogen) atoms. The van der Waals surface area contributed by atoms with Gasteiger partial charge in [0.2, 0.25) is 0 Å². The summed E-state index contributed by atoms with van der Waals surface area (Å²) in [5.74, 6) is 1.19. The first kappa shape index (κ1) is 17.7. The minimum Gasteiger partial charge on any atom is -0.497 e. The lowest BCUT2D eigenvalue weighted by molar-refractivity contribution is -0.117. The Balaban J connectivity index is 1.79. The minimum absolute atomic E-state index is 0.149. The number of rotatable bonds is 5. The molecule has 1 heterocycles. The predicted molar refractivity (Wildman–Crippen MR) is 102 cm³/mol. The van der Waals surface area contributed by atoms with E-state index in [0.29, 0.717) is 29.5 Å². The number of para-hydroxylation sites is 1. The molecule has 1 saturated carbocycles. The van der Waals surface area contributed by atoms with Crippen molar-refractivity contribution in [2.75, 3.05) is 7.11 Å². The van der Waals surface area contributed by atoms with E-state index >= 15 is 0 Å². The van der Waals surface area contributed by atoms with Crippen LogP contribution in [0.4, 0.5) is 4.39 Å². The van der Waals surface area contributed by atoms with Crippen LogP contribution in [0.15, 0.2) is 53.7 Å². The summed E-state index contributed by atoms with van der Waals surface area (Å²) in [6, 6.07) is 14.0. The predicted octanol–water partition coefficient (Wildman–Crippen LogP) is 4.30. The summed E-state index contributed by atoms with van der Waals surface area (Å²) in [7, 11) is 1.61. The number of hydrogen-bond donors (Lipinski definition) is 0. The third-order valence-corrected chi connectivity index (χ3v) is 5.76. The van der Waals surface area contributed by atoms with E-state index in [2.05, 4.69) is 10.2 Å². The first-order valence-corrected chi connectivity index (χ1v) is 9.57. The molecule has 5 nitrogen and oxygen atoms in total. The summed E-state index contributed by atoms with van der Waals surface area (Å²) in [6.07, 6.45) is 1.93. The van der Waals surface area contributed by atoms with Gasteiger partial charge in [-0.3, -0.25) is 9.36 Å². The summed E-state index contributed by atoms with van der Waals surface area (Å²) < 4.78 is 21.5. The SMILES string of the molecule is COc1ccc(-c2nnc(SC3CCC(=O)C3)n2-c2ccccc2F)cc1. The Kier molecular flexibility index (Phi) is 4.94. The molecule has 0 bridgehead atoms. The molecule has 2 aromatic carbocycles. The van der Waals surface area contributed by atoms with E-state index in [-0.39, 0.29) is 16.9 Å². The van der Waals surface area contributed by atoms with Crippen molar-refractivity contribution < 1.29 is 13.9 Å². The Hall–Kier alpha value is -2.67. The molecule has 4 rings (SSSR count). The molecular weight excluding hydrogens is 365 g/mol. The van der Waals surface area contributed by atoms with Crippen LogP contribution >= 0.6 is 11.8 Å². The van der Waals surface area contributed by atoms with Crippen molar-refractivity contribution in [3.05, 3.63) is 54.3 Å². The lowest BCUT2D eigenvalue weighted by atomic mass is 10.2. The van der Waals surface area contributed by atoms with Gasteiger partial charge in [-0.05, 0) is 42.8 Å². The second kappa shape index (κ2) is 7.52. The summed E-state index contributed by atoms with van der Waals surface area (Å²) >= 11 is 1.49. The van der Waals surface area contributed by atoms with Crippen molar-refractivity contribution in [2.24, 2.45) is 0 Å². The van der Waals surface area contributed by atoms with Crippen molar-refractivity contribution in [3.8, 4) is 22.8 Å². The van der Waals surface area contributed by atoms with Crippen LogP contribution < -0.4 is 4.74 Å². The molecule has 0 aliphatic heterocycles. The highest BCUT2D eigenvalue weighted by molar-refractivity contribution is 7.99. The number of methoxy groups -OCH3 is 1. The van der Waals surface area contributed by atoms with Crippen molar-refractivity contribution >= 4 is 17.5 Å². The van der Waals surface area contributed by atoms with Crippen LogP contribution in [0.5, 0.6) is 5.75 Å². The third kappa shape index (κ3) is 3.60. The monoisotopic (exact) mass is 383 g/mol. The molecule has 1 aromatic heterocycles. The maximum atomic E-state index is 14.6. The number of aromatic nitrogens is 3. The van der Waals surface area contributed by atoms with Crippen LogP contribution in [0, 0.1) is 5.82 Å². The number of ether oxygens (including phenoxy) is 1. The topological polar surface area (TPSA) is 57.0 Å². The minimum atomic E-state index is -0.351. The zero-order valence-corrected chi connectivity index (χ0v) is 15.6. The molecule has 1 aliphatic rings. The molecule has 3 aromatic rings. The standard InChI is InChI=1S/C20H18FN3O2S/c1-26-15-9-6-13(7-10-15)19-22-23-20(27-16-11-8-14(25)12-16)24(19)18-5-3-2-4-17(18)21/h2-7,9-10,16H,8,11-12H2,1H3. The smallest absolute Gasteiger partial charge is 0.196 e. The van der Waals surface area contributed by atoms with E-state index in [1.54, 1.807) is 29.9 Å². The lowest BCUT2D eigenvalue weighted by Crippen LogP contribution is -2.05. The second-order valence-electron chi connectivity index (χ2n) is 6.34. The van der Waals surface area contributed by atoms with E-state index in [0.717, 1.165) is 17.7 Å². The maximum Gasteiger partial charge on any atom is 0.196 e. The number of benzene rings is 2. The van der Waals surface area contributed by atoms with Gasteiger partial charge in [-0.2, -0.15) is 0 Å². The van der Waals surface area contributed by atoms with Gasteiger partial charge in [0.05, 0.1) is 12.8 Å². The highest BCUT2D eigenvalue weighted by atomic mass is 32.2. The Labute approximate surface area is 160 Å². The highest BCUT2D eigenvalue weighted by Gasteiger charge is 2.27. The van der Waals surface area contributed by atoms with Gasteiger partial charge in [0.1, 0.15) is 17.3 Å². The number of hydrogen-bond acceptors (Lipinski definition) is 5. The van der Waals surface area contributed by atoms with Gasteiger partial charge >= 0.3 is 0 Å². The Morgan fingerprint density at radius 3 is 2.59 bits per heavy atom. The number of carbonyl (C=O) groups excluding carboxylic acids is 1.